The summed E-state index contributed by atoms with van der Waals surface area (Å²) in [5.74, 6) is 0.542. The van der Waals surface area contributed by atoms with E-state index in [0.717, 1.165) is 16.6 Å². The number of nitrogens with one attached hydrogen (secondary N) is 1. The SMILES string of the molecule is CCN(CCc1ccccc1)C(=O)CSCC(=O)Nc1cccc(Br)c1. The molecule has 0 aliphatic heterocycles. The fraction of sp³-hybridized carbons (Fsp3) is 0.300. The Morgan fingerprint density at radius 2 is 1.85 bits per heavy atom. The predicted molar refractivity (Wildman–Crippen MR) is 112 cm³/mol. The van der Waals surface area contributed by atoms with Gasteiger partial charge in [-0.3, -0.25) is 9.59 Å². The van der Waals surface area contributed by atoms with Crippen molar-refractivity contribution in [3.8, 4) is 0 Å². The first-order valence-corrected chi connectivity index (χ1v) is 10.5. The van der Waals surface area contributed by atoms with E-state index in [1.54, 1.807) is 0 Å². The molecule has 0 heterocycles. The molecule has 0 aromatic heterocycles. The first-order chi connectivity index (χ1) is 12.6. The fourth-order valence-corrected chi connectivity index (χ4v) is 3.57. The van der Waals surface area contributed by atoms with E-state index < -0.39 is 0 Å². The van der Waals surface area contributed by atoms with Crippen LogP contribution < -0.4 is 5.32 Å². The highest BCUT2D eigenvalue weighted by Gasteiger charge is 2.13. The molecule has 2 aromatic carbocycles. The maximum Gasteiger partial charge on any atom is 0.234 e. The maximum atomic E-state index is 12.3. The van der Waals surface area contributed by atoms with Crippen molar-refractivity contribution in [3.05, 3.63) is 64.6 Å². The summed E-state index contributed by atoms with van der Waals surface area (Å²) < 4.78 is 0.912. The minimum absolute atomic E-state index is 0.0729. The first kappa shape index (κ1) is 20.5. The zero-order chi connectivity index (χ0) is 18.8. The Labute approximate surface area is 167 Å². The van der Waals surface area contributed by atoms with Gasteiger partial charge in [0.05, 0.1) is 11.5 Å². The third kappa shape index (κ3) is 7.22. The van der Waals surface area contributed by atoms with Gasteiger partial charge in [0.1, 0.15) is 0 Å². The van der Waals surface area contributed by atoms with Gasteiger partial charge in [0.2, 0.25) is 11.8 Å². The van der Waals surface area contributed by atoms with E-state index in [-0.39, 0.29) is 17.6 Å². The number of benzene rings is 2. The second kappa shape index (κ2) is 11.0. The minimum Gasteiger partial charge on any atom is -0.342 e. The molecule has 1 N–H and O–H groups in total. The molecule has 26 heavy (non-hydrogen) atoms. The van der Waals surface area contributed by atoms with Gasteiger partial charge in [-0.15, -0.1) is 11.8 Å². The molecular formula is C20H23BrN2O2S. The molecule has 0 aliphatic rings. The van der Waals surface area contributed by atoms with Crippen molar-refractivity contribution in [1.29, 1.82) is 0 Å². The third-order valence-electron chi connectivity index (χ3n) is 3.81. The molecule has 0 radical (unpaired) electrons. The number of amides is 2. The number of rotatable bonds is 9. The molecule has 2 amide bonds. The summed E-state index contributed by atoms with van der Waals surface area (Å²) >= 11 is 4.72. The lowest BCUT2D eigenvalue weighted by atomic mass is 10.1. The van der Waals surface area contributed by atoms with E-state index in [1.165, 1.54) is 17.3 Å². The summed E-state index contributed by atoms with van der Waals surface area (Å²) in [6.45, 7) is 3.36. The molecule has 0 unspecified atom stereocenters. The van der Waals surface area contributed by atoms with E-state index in [1.807, 2.05) is 54.3 Å². The average molecular weight is 435 g/mol. The van der Waals surface area contributed by atoms with Crippen LogP contribution in [0.3, 0.4) is 0 Å². The molecular weight excluding hydrogens is 412 g/mol. The van der Waals surface area contributed by atoms with Crippen LogP contribution in [0.5, 0.6) is 0 Å². The highest BCUT2D eigenvalue weighted by Crippen LogP contribution is 2.16. The molecule has 2 aromatic rings. The third-order valence-corrected chi connectivity index (χ3v) is 5.23. The maximum absolute atomic E-state index is 12.3. The van der Waals surface area contributed by atoms with Crippen molar-refractivity contribution in [1.82, 2.24) is 4.90 Å². The number of hydrogen-bond donors (Lipinski definition) is 1. The largest absolute Gasteiger partial charge is 0.342 e. The first-order valence-electron chi connectivity index (χ1n) is 8.53. The summed E-state index contributed by atoms with van der Waals surface area (Å²) in [5.41, 5.74) is 1.97. The standard InChI is InChI=1S/C20H23BrN2O2S/c1-2-23(12-11-16-7-4-3-5-8-16)20(25)15-26-14-19(24)22-18-10-6-9-17(21)13-18/h3-10,13H,2,11-12,14-15H2,1H3,(H,22,24). The molecule has 0 fully saturated rings. The van der Waals surface area contributed by atoms with Crippen molar-refractivity contribution in [2.75, 3.05) is 29.9 Å². The summed E-state index contributed by atoms with van der Waals surface area (Å²) in [5, 5.41) is 2.83. The molecule has 4 nitrogen and oxygen atoms in total. The van der Waals surface area contributed by atoms with Crippen molar-refractivity contribution >= 4 is 45.2 Å². The van der Waals surface area contributed by atoms with Crippen LogP contribution in [0.25, 0.3) is 0 Å². The van der Waals surface area contributed by atoms with Crippen molar-refractivity contribution in [2.24, 2.45) is 0 Å². The fourth-order valence-electron chi connectivity index (χ4n) is 2.45. The van der Waals surface area contributed by atoms with E-state index in [9.17, 15) is 9.59 Å². The molecule has 0 saturated heterocycles. The summed E-state index contributed by atoms with van der Waals surface area (Å²) in [7, 11) is 0. The second-order valence-corrected chi connectivity index (χ2v) is 7.66. The monoisotopic (exact) mass is 434 g/mol. The zero-order valence-electron chi connectivity index (χ0n) is 14.8. The predicted octanol–water partition coefficient (Wildman–Crippen LogP) is 4.21. The Bertz CT molecular complexity index is 725. The molecule has 0 aliphatic carbocycles. The number of hydrogen-bond acceptors (Lipinski definition) is 3. The smallest absolute Gasteiger partial charge is 0.234 e. The van der Waals surface area contributed by atoms with Gasteiger partial charge in [-0.2, -0.15) is 0 Å². The van der Waals surface area contributed by atoms with E-state index >= 15 is 0 Å². The molecule has 0 atom stereocenters. The van der Waals surface area contributed by atoms with Crippen LogP contribution in [-0.2, 0) is 16.0 Å². The Morgan fingerprint density at radius 3 is 2.54 bits per heavy atom. The Kier molecular flexibility index (Phi) is 8.71. The number of carbonyl (C=O) groups is 2. The quantitative estimate of drug-likeness (QED) is 0.642. The highest BCUT2D eigenvalue weighted by molar-refractivity contribution is 9.10. The van der Waals surface area contributed by atoms with Crippen molar-refractivity contribution < 1.29 is 9.59 Å². The van der Waals surface area contributed by atoms with Crippen LogP contribution in [0, 0.1) is 0 Å². The number of nitrogens with zero attached hydrogens (tertiary/aromatic N) is 1. The van der Waals surface area contributed by atoms with Crippen molar-refractivity contribution in [3.63, 3.8) is 0 Å². The topological polar surface area (TPSA) is 49.4 Å². The zero-order valence-corrected chi connectivity index (χ0v) is 17.2. The average Bonchev–Trinajstić information content (AvgIpc) is 2.63. The van der Waals surface area contributed by atoms with Crippen molar-refractivity contribution in [2.45, 2.75) is 13.3 Å². The molecule has 138 valence electrons. The number of anilines is 1. The second-order valence-electron chi connectivity index (χ2n) is 5.76. The van der Waals surface area contributed by atoms with Gasteiger partial charge >= 0.3 is 0 Å². The summed E-state index contributed by atoms with van der Waals surface area (Å²) in [6, 6.07) is 17.6. The lowest BCUT2D eigenvalue weighted by molar-refractivity contribution is -0.128. The Morgan fingerprint density at radius 1 is 1.08 bits per heavy atom. The van der Waals surface area contributed by atoms with Crippen LogP contribution in [0.15, 0.2) is 59.1 Å². The van der Waals surface area contributed by atoms with E-state index in [4.69, 9.17) is 0 Å². The van der Waals surface area contributed by atoms with E-state index in [0.29, 0.717) is 18.8 Å². The number of halogens is 1. The van der Waals surface area contributed by atoms with Crippen LogP contribution in [0.1, 0.15) is 12.5 Å². The highest BCUT2D eigenvalue weighted by atomic mass is 79.9. The van der Waals surface area contributed by atoms with Gasteiger partial charge in [-0.25, -0.2) is 0 Å². The van der Waals surface area contributed by atoms with Gasteiger partial charge in [0.25, 0.3) is 0 Å². The number of thioether (sulfide) groups is 1. The molecule has 2 rings (SSSR count). The normalized spacial score (nSPS) is 10.4. The van der Waals surface area contributed by atoms with Gasteiger partial charge in [-0.1, -0.05) is 52.3 Å². The van der Waals surface area contributed by atoms with Crippen LogP contribution >= 0.6 is 27.7 Å². The minimum atomic E-state index is -0.103. The summed E-state index contributed by atoms with van der Waals surface area (Å²) in [4.78, 5) is 26.2. The molecule has 6 heteroatoms. The molecule has 0 bridgehead atoms. The Balaban J connectivity index is 1.71. The summed E-state index contributed by atoms with van der Waals surface area (Å²) in [6.07, 6.45) is 0.842. The van der Waals surface area contributed by atoms with Crippen LogP contribution in [0.4, 0.5) is 5.69 Å². The Hall–Kier alpha value is -1.79. The van der Waals surface area contributed by atoms with Crippen LogP contribution in [0.2, 0.25) is 0 Å². The molecule has 0 spiro atoms. The van der Waals surface area contributed by atoms with Crippen LogP contribution in [-0.4, -0.2) is 41.3 Å². The lowest BCUT2D eigenvalue weighted by Gasteiger charge is -2.20. The van der Waals surface area contributed by atoms with Gasteiger partial charge in [0, 0.05) is 23.2 Å². The molecule has 0 saturated carbocycles. The number of likely N-dealkylation sites (N-methyl/N-ethyl adjacent to an activating group) is 1. The van der Waals surface area contributed by atoms with E-state index in [2.05, 4.69) is 33.4 Å². The van der Waals surface area contributed by atoms with Gasteiger partial charge in [0.15, 0.2) is 0 Å². The number of carbonyl (C=O) groups excluding carboxylic acids is 2. The lowest BCUT2D eigenvalue weighted by Crippen LogP contribution is -2.34. The van der Waals surface area contributed by atoms with Gasteiger partial charge < -0.3 is 10.2 Å². The van der Waals surface area contributed by atoms with Gasteiger partial charge in [-0.05, 0) is 37.1 Å².